The maximum absolute atomic E-state index is 12.3. The van der Waals surface area contributed by atoms with E-state index in [1.807, 2.05) is 13.8 Å². The molecule has 0 radical (unpaired) electrons. The highest BCUT2D eigenvalue weighted by molar-refractivity contribution is 7.91. The number of carbonyl (C=O) groups excluding carboxylic acids is 1. The number of hydrogen-bond acceptors (Lipinski definition) is 4. The quantitative estimate of drug-likeness (QED) is 0.794. The highest BCUT2D eigenvalue weighted by Crippen LogP contribution is 2.17. The Balaban J connectivity index is 3.11. The number of nitrogens with one attached hydrogen (secondary N) is 1. The van der Waals surface area contributed by atoms with E-state index in [1.54, 1.807) is 6.07 Å². The zero-order valence-electron chi connectivity index (χ0n) is 12.9. The van der Waals surface area contributed by atoms with Crippen LogP contribution in [0.15, 0.2) is 29.2 Å². The number of benzene rings is 1. The Morgan fingerprint density at radius 1 is 1.23 bits per heavy atom. The number of amides is 1. The van der Waals surface area contributed by atoms with E-state index in [2.05, 4.69) is 5.32 Å². The van der Waals surface area contributed by atoms with E-state index < -0.39 is 27.8 Å². The fourth-order valence-corrected chi connectivity index (χ4v) is 3.10. The summed E-state index contributed by atoms with van der Waals surface area (Å²) in [6.45, 7) is 5.18. The van der Waals surface area contributed by atoms with E-state index in [-0.39, 0.29) is 28.6 Å². The summed E-state index contributed by atoms with van der Waals surface area (Å²) in [5, 5.41) is 11.6. The van der Waals surface area contributed by atoms with E-state index in [4.69, 9.17) is 5.11 Å². The summed E-state index contributed by atoms with van der Waals surface area (Å²) >= 11 is 0. The SMILES string of the molecule is CCS(=O)(=O)c1ccccc1C(=O)N[C@H](CC(C)C)C(=O)O. The summed E-state index contributed by atoms with van der Waals surface area (Å²) in [7, 11) is -3.56. The highest BCUT2D eigenvalue weighted by atomic mass is 32.2. The van der Waals surface area contributed by atoms with Gasteiger partial charge in [-0.1, -0.05) is 32.9 Å². The second-order valence-corrected chi connectivity index (χ2v) is 7.64. The molecule has 7 heteroatoms. The molecular formula is C15H21NO5S. The number of carboxylic acid groups (broad SMARTS) is 1. The molecule has 1 rings (SSSR count). The van der Waals surface area contributed by atoms with E-state index in [9.17, 15) is 18.0 Å². The Hall–Kier alpha value is -1.89. The van der Waals surface area contributed by atoms with Crippen molar-refractivity contribution >= 4 is 21.7 Å². The van der Waals surface area contributed by atoms with Crippen LogP contribution in [-0.2, 0) is 14.6 Å². The van der Waals surface area contributed by atoms with Crippen molar-refractivity contribution in [2.75, 3.05) is 5.75 Å². The molecule has 0 unspecified atom stereocenters. The molecule has 1 aromatic carbocycles. The monoisotopic (exact) mass is 327 g/mol. The van der Waals surface area contributed by atoms with Crippen molar-refractivity contribution in [2.45, 2.75) is 38.1 Å². The molecule has 122 valence electrons. The summed E-state index contributed by atoms with van der Waals surface area (Å²) in [6.07, 6.45) is 0.268. The van der Waals surface area contributed by atoms with Gasteiger partial charge in [0, 0.05) is 0 Å². The zero-order valence-corrected chi connectivity index (χ0v) is 13.7. The van der Waals surface area contributed by atoms with E-state index in [1.165, 1.54) is 25.1 Å². The molecule has 0 aromatic heterocycles. The second-order valence-electron chi connectivity index (χ2n) is 5.39. The number of carbonyl (C=O) groups is 2. The predicted octanol–water partition coefficient (Wildman–Crippen LogP) is 1.71. The molecule has 1 atom stereocenters. The van der Waals surface area contributed by atoms with Crippen LogP contribution in [0, 0.1) is 5.92 Å². The molecule has 0 saturated heterocycles. The van der Waals surface area contributed by atoms with Crippen LogP contribution in [0.1, 0.15) is 37.6 Å². The van der Waals surface area contributed by atoms with Crippen LogP contribution in [0.5, 0.6) is 0 Å². The Bertz CT molecular complexity index is 652. The third kappa shape index (κ3) is 4.56. The number of rotatable bonds is 7. The molecule has 6 nitrogen and oxygen atoms in total. The average molecular weight is 327 g/mol. The lowest BCUT2D eigenvalue weighted by Crippen LogP contribution is -2.42. The van der Waals surface area contributed by atoms with Gasteiger partial charge in [0.15, 0.2) is 9.84 Å². The zero-order chi connectivity index (χ0) is 16.9. The molecule has 0 bridgehead atoms. The van der Waals surface area contributed by atoms with Crippen LogP contribution in [0.4, 0.5) is 0 Å². The fourth-order valence-electron chi connectivity index (χ4n) is 2.01. The number of sulfone groups is 1. The maximum atomic E-state index is 12.3. The molecule has 1 amide bonds. The Labute approximate surface area is 130 Å². The van der Waals surface area contributed by atoms with Gasteiger partial charge in [0.1, 0.15) is 6.04 Å². The third-order valence-corrected chi connectivity index (χ3v) is 4.94. The molecule has 1 aromatic rings. The highest BCUT2D eigenvalue weighted by Gasteiger charge is 2.25. The number of hydrogen-bond donors (Lipinski definition) is 2. The average Bonchev–Trinajstić information content (AvgIpc) is 2.45. The fraction of sp³-hybridized carbons (Fsp3) is 0.467. The summed E-state index contributed by atoms with van der Waals surface area (Å²) in [5.74, 6) is -1.89. The number of carboxylic acids is 1. The molecule has 0 heterocycles. The Morgan fingerprint density at radius 3 is 2.32 bits per heavy atom. The van der Waals surface area contributed by atoms with Crippen LogP contribution < -0.4 is 5.32 Å². The molecule has 2 N–H and O–H groups in total. The van der Waals surface area contributed by atoms with Gasteiger partial charge < -0.3 is 10.4 Å². The lowest BCUT2D eigenvalue weighted by molar-refractivity contribution is -0.139. The molecule has 22 heavy (non-hydrogen) atoms. The molecule has 0 fully saturated rings. The Morgan fingerprint density at radius 2 is 1.82 bits per heavy atom. The maximum Gasteiger partial charge on any atom is 0.326 e. The molecule has 0 saturated carbocycles. The first-order chi connectivity index (χ1) is 10.2. The number of aliphatic carboxylic acids is 1. The second kappa shape index (κ2) is 7.40. The smallest absolute Gasteiger partial charge is 0.326 e. The molecule has 0 aliphatic carbocycles. The van der Waals surface area contributed by atoms with Crippen LogP contribution in [0.3, 0.4) is 0 Å². The molecule has 0 aliphatic rings. The first-order valence-corrected chi connectivity index (χ1v) is 8.69. The largest absolute Gasteiger partial charge is 0.480 e. The van der Waals surface area contributed by atoms with E-state index >= 15 is 0 Å². The summed E-state index contributed by atoms with van der Waals surface area (Å²) in [4.78, 5) is 23.4. The van der Waals surface area contributed by atoms with Crippen LogP contribution in [-0.4, -0.2) is 37.2 Å². The van der Waals surface area contributed by atoms with Gasteiger partial charge >= 0.3 is 5.97 Å². The lowest BCUT2D eigenvalue weighted by atomic mass is 10.0. The van der Waals surface area contributed by atoms with Gasteiger partial charge in [0.25, 0.3) is 5.91 Å². The summed E-state index contributed by atoms with van der Waals surface area (Å²) in [5.41, 5.74) is -0.0284. The van der Waals surface area contributed by atoms with Crippen molar-refractivity contribution in [3.8, 4) is 0 Å². The van der Waals surface area contributed by atoms with E-state index in [0.29, 0.717) is 0 Å². The molecule has 0 aliphatic heterocycles. The lowest BCUT2D eigenvalue weighted by Gasteiger charge is -2.17. The summed E-state index contributed by atoms with van der Waals surface area (Å²) < 4.78 is 24.1. The van der Waals surface area contributed by atoms with Crippen LogP contribution >= 0.6 is 0 Å². The predicted molar refractivity (Wildman–Crippen MR) is 82.5 cm³/mol. The van der Waals surface area contributed by atoms with Crippen molar-refractivity contribution in [3.05, 3.63) is 29.8 Å². The van der Waals surface area contributed by atoms with Gasteiger partial charge in [-0.05, 0) is 24.5 Å². The normalized spacial score (nSPS) is 12.9. The van der Waals surface area contributed by atoms with Crippen LogP contribution in [0.25, 0.3) is 0 Å². The minimum atomic E-state index is -3.56. The van der Waals surface area contributed by atoms with Crippen molar-refractivity contribution in [1.29, 1.82) is 0 Å². The van der Waals surface area contributed by atoms with Crippen molar-refractivity contribution in [2.24, 2.45) is 5.92 Å². The van der Waals surface area contributed by atoms with Gasteiger partial charge in [-0.2, -0.15) is 0 Å². The minimum absolute atomic E-state index is 0.0284. The van der Waals surface area contributed by atoms with Crippen molar-refractivity contribution < 1.29 is 23.1 Å². The first-order valence-electron chi connectivity index (χ1n) is 7.04. The third-order valence-electron chi connectivity index (χ3n) is 3.16. The summed E-state index contributed by atoms with van der Waals surface area (Å²) in [6, 6.07) is 4.76. The molecular weight excluding hydrogens is 306 g/mol. The van der Waals surface area contributed by atoms with Gasteiger partial charge in [-0.25, -0.2) is 13.2 Å². The van der Waals surface area contributed by atoms with Gasteiger partial charge in [0.05, 0.1) is 16.2 Å². The van der Waals surface area contributed by atoms with Gasteiger partial charge in [-0.3, -0.25) is 4.79 Å². The van der Waals surface area contributed by atoms with Crippen LogP contribution in [0.2, 0.25) is 0 Å². The van der Waals surface area contributed by atoms with Gasteiger partial charge in [0.2, 0.25) is 0 Å². The molecule has 0 spiro atoms. The van der Waals surface area contributed by atoms with E-state index in [0.717, 1.165) is 0 Å². The van der Waals surface area contributed by atoms with Crippen molar-refractivity contribution in [3.63, 3.8) is 0 Å². The standard InChI is InChI=1S/C15H21NO5S/c1-4-22(20,21)13-8-6-5-7-11(13)14(17)16-12(15(18)19)9-10(2)3/h5-8,10,12H,4,9H2,1-3H3,(H,16,17)(H,18,19)/t12-/m1/s1. The van der Waals surface area contributed by atoms with Crippen molar-refractivity contribution in [1.82, 2.24) is 5.32 Å². The topological polar surface area (TPSA) is 101 Å². The van der Waals surface area contributed by atoms with Gasteiger partial charge in [-0.15, -0.1) is 0 Å². The minimum Gasteiger partial charge on any atom is -0.480 e. The first kappa shape index (κ1) is 18.2. The Kier molecular flexibility index (Phi) is 6.11.